The van der Waals surface area contributed by atoms with E-state index in [4.69, 9.17) is 0 Å². The molecule has 1 aromatic heterocycles. The molecule has 0 saturated carbocycles. The molecule has 0 saturated heterocycles. The summed E-state index contributed by atoms with van der Waals surface area (Å²) in [7, 11) is 2.06. The van der Waals surface area contributed by atoms with Gasteiger partial charge in [0, 0.05) is 38.1 Å². The first-order valence-corrected chi connectivity index (χ1v) is 7.33. The molecule has 0 fully saturated rings. The molecule has 1 aliphatic rings. The Kier molecular flexibility index (Phi) is 3.86. The fourth-order valence-corrected chi connectivity index (χ4v) is 2.74. The smallest absolute Gasteiger partial charge is 0.135 e. The number of aromatic nitrogens is 2. The maximum Gasteiger partial charge on any atom is 0.135 e. The number of anilines is 1. The van der Waals surface area contributed by atoms with Crippen molar-refractivity contribution < 1.29 is 0 Å². The van der Waals surface area contributed by atoms with Gasteiger partial charge in [-0.3, -0.25) is 0 Å². The van der Waals surface area contributed by atoms with Gasteiger partial charge in [-0.25, -0.2) is 4.98 Å². The molecule has 0 aliphatic carbocycles. The fraction of sp³-hybridized carbons (Fsp3) is 0.353. The molecule has 0 radical (unpaired) electrons. The van der Waals surface area contributed by atoms with E-state index >= 15 is 0 Å². The molecule has 0 spiro atoms. The Balaban J connectivity index is 1.97. The van der Waals surface area contributed by atoms with Gasteiger partial charge in [0.05, 0.1) is 0 Å². The molecular weight excluding hydrogens is 246 g/mol. The molecule has 0 unspecified atom stereocenters. The number of fused-ring (bicyclic) bond motifs is 1. The summed E-state index contributed by atoms with van der Waals surface area (Å²) in [6.07, 6.45) is 10.8. The number of imidazole rings is 1. The van der Waals surface area contributed by atoms with Gasteiger partial charge in [0.2, 0.25) is 0 Å². The van der Waals surface area contributed by atoms with Crippen LogP contribution in [0.2, 0.25) is 0 Å². The van der Waals surface area contributed by atoms with E-state index in [0.29, 0.717) is 0 Å². The lowest BCUT2D eigenvalue weighted by atomic mass is 10.00. The van der Waals surface area contributed by atoms with Crippen LogP contribution >= 0.6 is 0 Å². The predicted octanol–water partition coefficient (Wildman–Crippen LogP) is 3.64. The van der Waals surface area contributed by atoms with Gasteiger partial charge in [-0.1, -0.05) is 24.3 Å². The van der Waals surface area contributed by atoms with E-state index in [0.717, 1.165) is 25.2 Å². The molecule has 1 aromatic carbocycles. The molecule has 3 heteroatoms. The van der Waals surface area contributed by atoms with E-state index in [2.05, 4.69) is 52.3 Å². The highest BCUT2D eigenvalue weighted by Gasteiger charge is 2.11. The van der Waals surface area contributed by atoms with Gasteiger partial charge in [-0.2, -0.15) is 0 Å². The van der Waals surface area contributed by atoms with Crippen molar-refractivity contribution in [1.82, 2.24) is 9.55 Å². The lowest BCUT2D eigenvalue weighted by Gasteiger charge is -2.16. The van der Waals surface area contributed by atoms with Crippen molar-refractivity contribution in [2.24, 2.45) is 7.05 Å². The lowest BCUT2D eigenvalue weighted by Crippen LogP contribution is -2.07. The molecule has 3 nitrogen and oxygen atoms in total. The van der Waals surface area contributed by atoms with Crippen molar-refractivity contribution in [3.63, 3.8) is 0 Å². The maximum atomic E-state index is 4.51. The van der Waals surface area contributed by atoms with E-state index in [1.807, 2.05) is 12.4 Å². The fourth-order valence-electron chi connectivity index (χ4n) is 2.74. The van der Waals surface area contributed by atoms with Crippen molar-refractivity contribution in [3.8, 4) is 0 Å². The second-order valence-electron chi connectivity index (χ2n) is 5.35. The quantitative estimate of drug-likeness (QED) is 0.855. The molecule has 0 bridgehead atoms. The van der Waals surface area contributed by atoms with Crippen molar-refractivity contribution in [2.75, 3.05) is 11.9 Å². The number of hydrogen-bond acceptors (Lipinski definition) is 2. The highest BCUT2D eigenvalue weighted by Crippen LogP contribution is 2.25. The summed E-state index contributed by atoms with van der Waals surface area (Å²) in [4.78, 5) is 4.51. The predicted molar refractivity (Wildman–Crippen MR) is 83.7 cm³/mol. The molecule has 0 atom stereocenters. The van der Waals surface area contributed by atoms with Crippen LogP contribution in [-0.4, -0.2) is 16.1 Å². The Labute approximate surface area is 120 Å². The van der Waals surface area contributed by atoms with Gasteiger partial charge >= 0.3 is 0 Å². The van der Waals surface area contributed by atoms with Gasteiger partial charge in [0.25, 0.3) is 0 Å². The summed E-state index contributed by atoms with van der Waals surface area (Å²) >= 11 is 0. The molecule has 2 aromatic rings. The normalized spacial score (nSPS) is 18.6. The third-order valence-corrected chi connectivity index (χ3v) is 3.84. The molecule has 1 N–H and O–H groups in total. The second kappa shape index (κ2) is 5.95. The monoisotopic (exact) mass is 267 g/mol. The van der Waals surface area contributed by atoms with E-state index in [1.54, 1.807) is 0 Å². The Morgan fingerprint density at radius 1 is 1.20 bits per heavy atom. The van der Waals surface area contributed by atoms with Gasteiger partial charge in [-0.05, 0) is 36.5 Å². The zero-order valence-corrected chi connectivity index (χ0v) is 12.0. The molecule has 20 heavy (non-hydrogen) atoms. The van der Waals surface area contributed by atoms with Gasteiger partial charge < -0.3 is 9.88 Å². The zero-order valence-electron chi connectivity index (χ0n) is 12.0. The minimum Gasteiger partial charge on any atom is -0.385 e. The van der Waals surface area contributed by atoms with Crippen molar-refractivity contribution in [2.45, 2.75) is 25.7 Å². The van der Waals surface area contributed by atoms with Gasteiger partial charge in [0.1, 0.15) is 5.82 Å². The average Bonchev–Trinajstić information content (AvgIpc) is 2.89. The number of allylic oxidation sites excluding steroid dienone is 2. The standard InChI is InChI=1S/C17H21N3/c1-20-12-11-19-17(20)15-8-3-2-6-10-18-16-9-5-4-7-14(16)13-15/h4-5,7-9,11-12,18H,2-3,6,10,13H2,1H3/b15-8+. The third-order valence-electron chi connectivity index (χ3n) is 3.84. The zero-order chi connectivity index (χ0) is 13.8. The Morgan fingerprint density at radius 2 is 2.10 bits per heavy atom. The van der Waals surface area contributed by atoms with Crippen LogP contribution in [0.5, 0.6) is 0 Å². The minimum atomic E-state index is 0.939. The first kappa shape index (κ1) is 13.0. The van der Waals surface area contributed by atoms with Crippen LogP contribution in [0.15, 0.2) is 42.7 Å². The summed E-state index contributed by atoms with van der Waals surface area (Å²) in [5.41, 5.74) is 3.94. The summed E-state index contributed by atoms with van der Waals surface area (Å²) in [5.74, 6) is 1.08. The molecular formula is C17H21N3. The van der Waals surface area contributed by atoms with Crippen molar-refractivity contribution in [3.05, 3.63) is 54.1 Å². The third kappa shape index (κ3) is 2.77. The van der Waals surface area contributed by atoms with Crippen LogP contribution in [-0.2, 0) is 13.5 Å². The minimum absolute atomic E-state index is 0.939. The van der Waals surface area contributed by atoms with Crippen molar-refractivity contribution in [1.29, 1.82) is 0 Å². The summed E-state index contributed by atoms with van der Waals surface area (Å²) < 4.78 is 2.10. The highest BCUT2D eigenvalue weighted by atomic mass is 15.0. The van der Waals surface area contributed by atoms with E-state index in [9.17, 15) is 0 Å². The maximum absolute atomic E-state index is 4.51. The van der Waals surface area contributed by atoms with Crippen LogP contribution in [0.3, 0.4) is 0 Å². The number of nitrogens with zero attached hydrogens (tertiary/aromatic N) is 2. The first-order valence-electron chi connectivity index (χ1n) is 7.33. The van der Waals surface area contributed by atoms with Gasteiger partial charge in [0.15, 0.2) is 0 Å². The lowest BCUT2D eigenvalue weighted by molar-refractivity contribution is 0.774. The number of benzene rings is 1. The van der Waals surface area contributed by atoms with Crippen LogP contribution in [0.4, 0.5) is 5.69 Å². The van der Waals surface area contributed by atoms with Crippen LogP contribution in [0.1, 0.15) is 30.7 Å². The van der Waals surface area contributed by atoms with E-state index in [1.165, 1.54) is 29.7 Å². The molecule has 104 valence electrons. The molecule has 3 rings (SSSR count). The number of rotatable bonds is 1. The topological polar surface area (TPSA) is 29.9 Å². The van der Waals surface area contributed by atoms with E-state index < -0.39 is 0 Å². The Morgan fingerprint density at radius 3 is 2.95 bits per heavy atom. The number of hydrogen-bond donors (Lipinski definition) is 1. The highest BCUT2D eigenvalue weighted by molar-refractivity contribution is 5.67. The SMILES string of the molecule is Cn1ccnc1/C1=C/CCCCNc2ccccc2C1. The number of nitrogens with one attached hydrogen (secondary N) is 1. The molecule has 2 heterocycles. The largest absolute Gasteiger partial charge is 0.385 e. The van der Waals surface area contributed by atoms with Crippen molar-refractivity contribution >= 4 is 11.3 Å². The molecule has 0 amide bonds. The summed E-state index contributed by atoms with van der Waals surface area (Å²) in [5, 5.41) is 3.56. The second-order valence-corrected chi connectivity index (χ2v) is 5.35. The van der Waals surface area contributed by atoms with Crippen LogP contribution < -0.4 is 5.32 Å². The van der Waals surface area contributed by atoms with Crippen LogP contribution in [0, 0.1) is 0 Å². The van der Waals surface area contributed by atoms with E-state index in [-0.39, 0.29) is 0 Å². The molecule has 1 aliphatic heterocycles. The Hall–Kier alpha value is -2.03. The van der Waals surface area contributed by atoms with Gasteiger partial charge in [-0.15, -0.1) is 0 Å². The summed E-state index contributed by atoms with van der Waals surface area (Å²) in [6.45, 7) is 1.06. The Bertz CT molecular complexity index is 610. The van der Waals surface area contributed by atoms with Crippen LogP contribution in [0.25, 0.3) is 5.57 Å². The number of para-hydroxylation sites is 1. The summed E-state index contributed by atoms with van der Waals surface area (Å²) in [6, 6.07) is 8.60. The average molecular weight is 267 g/mol. The first-order chi connectivity index (χ1) is 9.84. The number of aryl methyl sites for hydroxylation is 1.